The Kier molecular flexibility index (Phi) is 7.76. The van der Waals surface area contributed by atoms with Crippen LogP contribution in [0.5, 0.6) is 0 Å². The van der Waals surface area contributed by atoms with Crippen molar-refractivity contribution in [1.82, 2.24) is 10.2 Å². The Bertz CT molecular complexity index is 167. The molecule has 0 aromatic heterocycles. The van der Waals surface area contributed by atoms with Crippen LogP contribution < -0.4 is 5.32 Å². The molecular formula is C12H26N2O2. The molecule has 1 heterocycles. The third-order valence-corrected chi connectivity index (χ3v) is 3.10. The lowest BCUT2D eigenvalue weighted by molar-refractivity contribution is 0.0635. The first kappa shape index (κ1) is 13.9. The molecule has 1 saturated heterocycles. The van der Waals surface area contributed by atoms with Gasteiger partial charge in [-0.05, 0) is 26.3 Å². The topological polar surface area (TPSA) is 33.7 Å². The van der Waals surface area contributed by atoms with Crippen molar-refractivity contribution in [3.05, 3.63) is 0 Å². The minimum absolute atomic E-state index is 0.698. The van der Waals surface area contributed by atoms with Crippen LogP contribution >= 0.6 is 0 Å². The van der Waals surface area contributed by atoms with E-state index >= 15 is 0 Å². The van der Waals surface area contributed by atoms with E-state index in [2.05, 4.69) is 17.1 Å². The highest BCUT2D eigenvalue weighted by molar-refractivity contribution is 4.73. The van der Waals surface area contributed by atoms with Crippen molar-refractivity contribution >= 4 is 0 Å². The van der Waals surface area contributed by atoms with E-state index in [1.54, 1.807) is 7.11 Å². The molecule has 0 saturated carbocycles. The number of nitrogens with zero attached hydrogens (tertiary/aromatic N) is 1. The molecule has 16 heavy (non-hydrogen) atoms. The summed E-state index contributed by atoms with van der Waals surface area (Å²) in [7, 11) is 1.70. The number of rotatable bonds is 7. The number of ether oxygens (including phenoxy) is 2. The molecule has 1 fully saturated rings. The summed E-state index contributed by atoms with van der Waals surface area (Å²) in [6.45, 7) is 9.17. The van der Waals surface area contributed by atoms with Gasteiger partial charge in [-0.2, -0.15) is 0 Å². The first-order valence-electron chi connectivity index (χ1n) is 6.36. The lowest BCUT2D eigenvalue weighted by Gasteiger charge is -2.26. The minimum atomic E-state index is 0.698. The van der Waals surface area contributed by atoms with E-state index < -0.39 is 0 Å². The summed E-state index contributed by atoms with van der Waals surface area (Å²) in [6, 6.07) is 0.703. The molecule has 0 aromatic rings. The van der Waals surface area contributed by atoms with Crippen molar-refractivity contribution in [1.29, 1.82) is 0 Å². The molecule has 0 aliphatic carbocycles. The first-order chi connectivity index (χ1) is 7.84. The van der Waals surface area contributed by atoms with Gasteiger partial charge in [-0.1, -0.05) is 0 Å². The molecule has 0 amide bonds. The Morgan fingerprint density at radius 3 is 2.94 bits per heavy atom. The average Bonchev–Trinajstić information content (AvgIpc) is 2.49. The number of methoxy groups -OCH3 is 1. The molecule has 0 aromatic carbocycles. The Morgan fingerprint density at radius 2 is 2.12 bits per heavy atom. The third kappa shape index (κ3) is 5.80. The lowest BCUT2D eigenvalue weighted by Crippen LogP contribution is -2.35. The van der Waals surface area contributed by atoms with Crippen molar-refractivity contribution in [3.63, 3.8) is 0 Å². The Hall–Kier alpha value is -0.160. The van der Waals surface area contributed by atoms with Gasteiger partial charge in [-0.25, -0.2) is 0 Å². The fourth-order valence-electron chi connectivity index (χ4n) is 2.01. The molecule has 0 radical (unpaired) electrons. The maximum absolute atomic E-state index is 5.46. The molecule has 4 nitrogen and oxygen atoms in total. The van der Waals surface area contributed by atoms with E-state index in [4.69, 9.17) is 9.47 Å². The van der Waals surface area contributed by atoms with E-state index in [0.29, 0.717) is 19.3 Å². The van der Waals surface area contributed by atoms with Gasteiger partial charge in [0.05, 0.1) is 13.2 Å². The van der Waals surface area contributed by atoms with Gasteiger partial charge in [-0.15, -0.1) is 0 Å². The van der Waals surface area contributed by atoms with Gasteiger partial charge in [0, 0.05) is 39.4 Å². The number of hydrogen-bond acceptors (Lipinski definition) is 4. The standard InChI is InChI=1S/C12H26N2O2/c1-12-4-5-13-6-8-14(12)7-3-9-16-11-10-15-2/h12-13H,3-11H2,1-2H3. The summed E-state index contributed by atoms with van der Waals surface area (Å²) >= 11 is 0. The third-order valence-electron chi connectivity index (χ3n) is 3.10. The molecular weight excluding hydrogens is 204 g/mol. The molecule has 1 rings (SSSR count). The Labute approximate surface area is 99.3 Å². The SMILES string of the molecule is COCCOCCCN1CCNCCC1C. The summed E-state index contributed by atoms with van der Waals surface area (Å²) in [5.74, 6) is 0. The van der Waals surface area contributed by atoms with Crippen LogP contribution in [-0.2, 0) is 9.47 Å². The second kappa shape index (κ2) is 8.93. The zero-order chi connectivity index (χ0) is 11.6. The van der Waals surface area contributed by atoms with Crippen LogP contribution in [0.15, 0.2) is 0 Å². The van der Waals surface area contributed by atoms with Crippen LogP contribution in [0.4, 0.5) is 0 Å². The zero-order valence-corrected chi connectivity index (χ0v) is 10.7. The minimum Gasteiger partial charge on any atom is -0.382 e. The highest BCUT2D eigenvalue weighted by Crippen LogP contribution is 2.06. The summed E-state index contributed by atoms with van der Waals surface area (Å²) < 4.78 is 10.4. The fourth-order valence-corrected chi connectivity index (χ4v) is 2.01. The van der Waals surface area contributed by atoms with E-state index in [-0.39, 0.29) is 0 Å². The maximum Gasteiger partial charge on any atom is 0.0700 e. The number of nitrogens with one attached hydrogen (secondary N) is 1. The second-order valence-corrected chi connectivity index (χ2v) is 4.38. The normalized spacial score (nSPS) is 23.2. The van der Waals surface area contributed by atoms with Crippen LogP contribution in [0.1, 0.15) is 19.8 Å². The van der Waals surface area contributed by atoms with Gasteiger partial charge < -0.3 is 14.8 Å². The molecule has 1 aliphatic heterocycles. The maximum atomic E-state index is 5.46. The van der Waals surface area contributed by atoms with Gasteiger partial charge >= 0.3 is 0 Å². The van der Waals surface area contributed by atoms with Crippen LogP contribution in [0.3, 0.4) is 0 Å². The highest BCUT2D eigenvalue weighted by atomic mass is 16.5. The van der Waals surface area contributed by atoms with Crippen LogP contribution in [0.25, 0.3) is 0 Å². The lowest BCUT2D eigenvalue weighted by atomic mass is 10.2. The molecule has 1 unspecified atom stereocenters. The van der Waals surface area contributed by atoms with Crippen molar-refractivity contribution in [2.45, 2.75) is 25.8 Å². The largest absolute Gasteiger partial charge is 0.382 e. The Balaban J connectivity index is 2.01. The molecule has 1 aliphatic rings. The van der Waals surface area contributed by atoms with Gasteiger partial charge in [0.25, 0.3) is 0 Å². The van der Waals surface area contributed by atoms with E-state index in [0.717, 1.165) is 32.7 Å². The number of hydrogen-bond donors (Lipinski definition) is 1. The predicted molar refractivity (Wildman–Crippen MR) is 65.8 cm³/mol. The summed E-state index contributed by atoms with van der Waals surface area (Å²) in [5, 5.41) is 3.44. The van der Waals surface area contributed by atoms with Crippen LogP contribution in [0.2, 0.25) is 0 Å². The summed E-state index contributed by atoms with van der Waals surface area (Å²) in [5.41, 5.74) is 0. The average molecular weight is 230 g/mol. The summed E-state index contributed by atoms with van der Waals surface area (Å²) in [6.07, 6.45) is 2.37. The first-order valence-corrected chi connectivity index (χ1v) is 6.36. The predicted octanol–water partition coefficient (Wildman–Crippen LogP) is 0.723. The molecule has 4 heteroatoms. The monoisotopic (exact) mass is 230 g/mol. The van der Waals surface area contributed by atoms with Crippen molar-refractivity contribution in [3.8, 4) is 0 Å². The highest BCUT2D eigenvalue weighted by Gasteiger charge is 2.15. The molecule has 1 N–H and O–H groups in total. The van der Waals surface area contributed by atoms with Gasteiger partial charge in [0.2, 0.25) is 0 Å². The van der Waals surface area contributed by atoms with Crippen molar-refractivity contribution in [2.75, 3.05) is 53.1 Å². The zero-order valence-electron chi connectivity index (χ0n) is 10.7. The summed E-state index contributed by atoms with van der Waals surface area (Å²) in [4.78, 5) is 2.56. The van der Waals surface area contributed by atoms with Gasteiger partial charge in [0.1, 0.15) is 0 Å². The van der Waals surface area contributed by atoms with Crippen LogP contribution in [0, 0.1) is 0 Å². The van der Waals surface area contributed by atoms with Crippen molar-refractivity contribution < 1.29 is 9.47 Å². The van der Waals surface area contributed by atoms with E-state index in [9.17, 15) is 0 Å². The quantitative estimate of drug-likeness (QED) is 0.654. The fraction of sp³-hybridized carbons (Fsp3) is 1.00. The molecule has 96 valence electrons. The van der Waals surface area contributed by atoms with Gasteiger partial charge in [0.15, 0.2) is 0 Å². The second-order valence-electron chi connectivity index (χ2n) is 4.38. The smallest absolute Gasteiger partial charge is 0.0700 e. The molecule has 1 atom stereocenters. The molecule has 0 spiro atoms. The molecule has 0 bridgehead atoms. The van der Waals surface area contributed by atoms with Crippen molar-refractivity contribution in [2.24, 2.45) is 0 Å². The van der Waals surface area contributed by atoms with Gasteiger partial charge in [-0.3, -0.25) is 4.90 Å². The van der Waals surface area contributed by atoms with Crippen LogP contribution in [-0.4, -0.2) is 64.1 Å². The van der Waals surface area contributed by atoms with E-state index in [1.807, 2.05) is 0 Å². The Morgan fingerprint density at radius 1 is 1.25 bits per heavy atom. The van der Waals surface area contributed by atoms with E-state index in [1.165, 1.54) is 13.0 Å².